The van der Waals surface area contributed by atoms with Crippen molar-refractivity contribution in [3.8, 4) is 0 Å². The first-order valence-corrected chi connectivity index (χ1v) is 7.42. The highest BCUT2D eigenvalue weighted by Gasteiger charge is 2.43. The highest BCUT2D eigenvalue weighted by atomic mass is 19.1. The van der Waals surface area contributed by atoms with Gasteiger partial charge < -0.3 is 5.32 Å². The second-order valence-electron chi connectivity index (χ2n) is 5.97. The van der Waals surface area contributed by atoms with E-state index in [0.29, 0.717) is 25.9 Å². The van der Waals surface area contributed by atoms with Crippen LogP contribution in [0.15, 0.2) is 30.3 Å². The molecule has 0 radical (unpaired) electrons. The van der Waals surface area contributed by atoms with Crippen LogP contribution in [0.1, 0.15) is 31.2 Å². The van der Waals surface area contributed by atoms with Crippen molar-refractivity contribution in [1.82, 2.24) is 10.2 Å². The molecule has 0 bridgehead atoms. The molecule has 0 aromatic heterocycles. The van der Waals surface area contributed by atoms with E-state index in [1.165, 1.54) is 5.56 Å². The lowest BCUT2D eigenvalue weighted by Crippen LogP contribution is -2.51. The van der Waals surface area contributed by atoms with Gasteiger partial charge in [-0.3, -0.25) is 9.69 Å². The first kappa shape index (κ1) is 13.6. The molecule has 0 atom stereocenters. The van der Waals surface area contributed by atoms with Crippen LogP contribution in [-0.2, 0) is 11.3 Å². The molecular weight excluding hydrogens is 255 g/mol. The zero-order valence-corrected chi connectivity index (χ0v) is 11.6. The van der Waals surface area contributed by atoms with Crippen LogP contribution in [0, 0.1) is 0 Å². The lowest BCUT2D eigenvalue weighted by atomic mass is 9.92. The lowest BCUT2D eigenvalue weighted by Gasteiger charge is -2.35. The molecule has 1 saturated heterocycles. The van der Waals surface area contributed by atoms with Crippen LogP contribution in [-0.4, -0.2) is 35.6 Å². The van der Waals surface area contributed by atoms with E-state index in [1.807, 2.05) is 18.2 Å². The van der Waals surface area contributed by atoms with E-state index >= 15 is 0 Å². The van der Waals surface area contributed by atoms with E-state index in [2.05, 4.69) is 22.3 Å². The van der Waals surface area contributed by atoms with E-state index in [4.69, 9.17) is 0 Å². The number of piperidine rings is 1. The fraction of sp³-hybridized carbons (Fsp3) is 0.562. The third-order valence-corrected chi connectivity index (χ3v) is 4.22. The van der Waals surface area contributed by atoms with Gasteiger partial charge in [-0.2, -0.15) is 0 Å². The van der Waals surface area contributed by atoms with Gasteiger partial charge in [-0.05, 0) is 18.4 Å². The number of hydrogen-bond acceptors (Lipinski definition) is 2. The summed E-state index contributed by atoms with van der Waals surface area (Å²) in [5.74, 6) is -0.389. The minimum atomic E-state index is -1.66. The third kappa shape index (κ3) is 3.18. The number of amides is 1. The molecule has 2 aliphatic rings. The largest absolute Gasteiger partial charge is 0.351 e. The normalized spacial score (nSPS) is 22.4. The average molecular weight is 276 g/mol. The van der Waals surface area contributed by atoms with Gasteiger partial charge in [0.25, 0.3) is 5.91 Å². The SMILES string of the molecule is O=C(NC1CC1)C1(F)CCN(Cc2ccccc2)CC1. The van der Waals surface area contributed by atoms with Crippen molar-refractivity contribution in [1.29, 1.82) is 0 Å². The maximum atomic E-state index is 14.6. The van der Waals surface area contributed by atoms with Crippen LogP contribution < -0.4 is 5.32 Å². The highest BCUT2D eigenvalue weighted by Crippen LogP contribution is 2.29. The maximum Gasteiger partial charge on any atom is 0.257 e. The van der Waals surface area contributed by atoms with E-state index < -0.39 is 5.67 Å². The summed E-state index contributed by atoms with van der Waals surface area (Å²) in [6.07, 6.45) is 2.61. The van der Waals surface area contributed by atoms with Gasteiger partial charge >= 0.3 is 0 Å². The Hall–Kier alpha value is -1.42. The molecule has 1 aliphatic heterocycles. The Bertz CT molecular complexity index is 465. The van der Waals surface area contributed by atoms with Crippen molar-refractivity contribution in [2.75, 3.05) is 13.1 Å². The van der Waals surface area contributed by atoms with Crippen LogP contribution in [0.25, 0.3) is 0 Å². The molecule has 4 heteroatoms. The van der Waals surface area contributed by atoms with Gasteiger partial charge in [-0.1, -0.05) is 30.3 Å². The molecule has 1 N–H and O–H groups in total. The molecule has 0 unspecified atom stereocenters. The van der Waals surface area contributed by atoms with Crippen molar-refractivity contribution >= 4 is 5.91 Å². The zero-order chi connectivity index (χ0) is 14.0. The summed E-state index contributed by atoms with van der Waals surface area (Å²) in [5.41, 5.74) is -0.420. The van der Waals surface area contributed by atoms with Gasteiger partial charge in [0.05, 0.1) is 0 Å². The quantitative estimate of drug-likeness (QED) is 0.915. The summed E-state index contributed by atoms with van der Waals surface area (Å²) < 4.78 is 14.6. The Morgan fingerprint density at radius 2 is 1.90 bits per heavy atom. The van der Waals surface area contributed by atoms with Crippen LogP contribution in [0.3, 0.4) is 0 Å². The monoisotopic (exact) mass is 276 g/mol. The van der Waals surface area contributed by atoms with Crippen LogP contribution in [0.4, 0.5) is 4.39 Å². The summed E-state index contributed by atoms with van der Waals surface area (Å²) in [5, 5.41) is 2.80. The molecule has 1 aromatic carbocycles. The number of alkyl halides is 1. The molecular formula is C16H21FN2O. The summed E-state index contributed by atoms with van der Waals surface area (Å²) in [6.45, 7) is 2.12. The number of halogens is 1. The molecule has 2 fully saturated rings. The zero-order valence-electron chi connectivity index (χ0n) is 11.6. The summed E-state index contributed by atoms with van der Waals surface area (Å²) in [7, 11) is 0. The fourth-order valence-corrected chi connectivity index (χ4v) is 2.68. The molecule has 1 aliphatic carbocycles. The molecule has 1 aromatic rings. The topological polar surface area (TPSA) is 32.3 Å². The Balaban J connectivity index is 1.52. The van der Waals surface area contributed by atoms with Gasteiger partial charge in [0, 0.05) is 38.5 Å². The van der Waals surface area contributed by atoms with Gasteiger partial charge in [-0.25, -0.2) is 4.39 Å². The number of carbonyl (C=O) groups is 1. The van der Waals surface area contributed by atoms with E-state index in [0.717, 1.165) is 19.4 Å². The smallest absolute Gasteiger partial charge is 0.257 e. The van der Waals surface area contributed by atoms with Crippen molar-refractivity contribution in [3.63, 3.8) is 0 Å². The Morgan fingerprint density at radius 3 is 2.50 bits per heavy atom. The standard InChI is InChI=1S/C16H21FN2O/c17-16(15(20)18-14-6-7-14)8-10-19(11-9-16)12-13-4-2-1-3-5-13/h1-5,14H,6-12H2,(H,18,20). The minimum absolute atomic E-state index is 0.234. The van der Waals surface area contributed by atoms with Crippen molar-refractivity contribution < 1.29 is 9.18 Å². The van der Waals surface area contributed by atoms with Gasteiger partial charge in [-0.15, -0.1) is 0 Å². The second kappa shape index (κ2) is 5.52. The van der Waals surface area contributed by atoms with Crippen LogP contribution >= 0.6 is 0 Å². The van der Waals surface area contributed by atoms with Crippen molar-refractivity contribution in [2.45, 2.75) is 43.9 Å². The van der Waals surface area contributed by atoms with E-state index in [-0.39, 0.29) is 11.9 Å². The van der Waals surface area contributed by atoms with Gasteiger partial charge in [0.2, 0.25) is 0 Å². The molecule has 0 spiro atoms. The molecule has 3 nitrogen and oxygen atoms in total. The summed E-state index contributed by atoms with van der Waals surface area (Å²) in [6, 6.07) is 10.4. The predicted octanol–water partition coefficient (Wildman–Crippen LogP) is 2.27. The van der Waals surface area contributed by atoms with Crippen molar-refractivity contribution in [3.05, 3.63) is 35.9 Å². The molecule has 1 amide bonds. The highest BCUT2D eigenvalue weighted by molar-refractivity contribution is 5.85. The van der Waals surface area contributed by atoms with Gasteiger partial charge in [0.15, 0.2) is 5.67 Å². The third-order valence-electron chi connectivity index (χ3n) is 4.22. The maximum absolute atomic E-state index is 14.6. The first-order valence-electron chi connectivity index (χ1n) is 7.42. The number of nitrogens with one attached hydrogen (secondary N) is 1. The number of nitrogens with zero attached hydrogens (tertiary/aromatic N) is 1. The number of rotatable bonds is 4. The van der Waals surface area contributed by atoms with E-state index in [9.17, 15) is 9.18 Å². The fourth-order valence-electron chi connectivity index (χ4n) is 2.68. The van der Waals surface area contributed by atoms with Gasteiger partial charge in [0.1, 0.15) is 0 Å². The molecule has 1 saturated carbocycles. The van der Waals surface area contributed by atoms with Crippen molar-refractivity contribution in [2.24, 2.45) is 0 Å². The Morgan fingerprint density at radius 1 is 1.25 bits per heavy atom. The molecule has 3 rings (SSSR count). The first-order chi connectivity index (χ1) is 9.66. The Labute approximate surface area is 119 Å². The van der Waals surface area contributed by atoms with Crippen LogP contribution in [0.5, 0.6) is 0 Å². The number of likely N-dealkylation sites (tertiary alicyclic amines) is 1. The Kier molecular flexibility index (Phi) is 3.74. The number of carbonyl (C=O) groups excluding carboxylic acids is 1. The molecule has 1 heterocycles. The summed E-state index contributed by atoms with van der Waals surface area (Å²) >= 11 is 0. The lowest BCUT2D eigenvalue weighted by molar-refractivity contribution is -0.136. The van der Waals surface area contributed by atoms with Crippen LogP contribution in [0.2, 0.25) is 0 Å². The number of hydrogen-bond donors (Lipinski definition) is 1. The minimum Gasteiger partial charge on any atom is -0.351 e. The summed E-state index contributed by atoms with van der Waals surface area (Å²) in [4.78, 5) is 14.2. The molecule has 108 valence electrons. The van der Waals surface area contributed by atoms with E-state index in [1.54, 1.807) is 0 Å². The number of benzene rings is 1. The molecule has 20 heavy (non-hydrogen) atoms. The average Bonchev–Trinajstić information content (AvgIpc) is 3.27. The second-order valence-corrected chi connectivity index (χ2v) is 5.97. The predicted molar refractivity (Wildman–Crippen MR) is 76.0 cm³/mol.